The van der Waals surface area contributed by atoms with Crippen LogP contribution >= 0.6 is 0 Å². The number of hydrogen-bond acceptors (Lipinski definition) is 7. The Labute approximate surface area is 105 Å². The van der Waals surface area contributed by atoms with Crippen LogP contribution in [0.1, 0.15) is 37.3 Å². The Morgan fingerprint density at radius 3 is 2.72 bits per heavy atom. The van der Waals surface area contributed by atoms with Crippen molar-refractivity contribution in [2.75, 3.05) is 11.1 Å². The van der Waals surface area contributed by atoms with E-state index in [9.17, 15) is 0 Å². The topological polar surface area (TPSA) is 103 Å². The van der Waals surface area contributed by atoms with Crippen LogP contribution in [0.2, 0.25) is 0 Å². The van der Waals surface area contributed by atoms with Crippen molar-refractivity contribution in [3.8, 4) is 0 Å². The van der Waals surface area contributed by atoms with Crippen LogP contribution in [-0.2, 0) is 6.54 Å². The minimum absolute atomic E-state index is 0.222. The summed E-state index contributed by atoms with van der Waals surface area (Å²) in [6.07, 6.45) is 0. The third kappa shape index (κ3) is 2.93. The fourth-order valence-electron chi connectivity index (χ4n) is 1.41. The van der Waals surface area contributed by atoms with Gasteiger partial charge in [-0.25, -0.2) is 9.97 Å². The molecule has 0 fully saturated rings. The minimum Gasteiger partial charge on any atom is -0.384 e. The second-order valence-corrected chi connectivity index (χ2v) is 4.28. The summed E-state index contributed by atoms with van der Waals surface area (Å²) in [5, 5.41) is 6.79. The van der Waals surface area contributed by atoms with Crippen LogP contribution in [0.4, 0.5) is 11.6 Å². The maximum Gasteiger partial charge on any atom is 0.245 e. The molecule has 2 aromatic rings. The second kappa shape index (κ2) is 4.99. The van der Waals surface area contributed by atoms with E-state index in [0.717, 1.165) is 0 Å². The van der Waals surface area contributed by atoms with E-state index in [2.05, 4.69) is 25.4 Å². The number of hydrogen-bond donors (Lipinski definition) is 2. The van der Waals surface area contributed by atoms with Crippen LogP contribution in [0.25, 0.3) is 0 Å². The highest BCUT2D eigenvalue weighted by molar-refractivity contribution is 5.44. The molecule has 0 unspecified atom stereocenters. The molecule has 7 nitrogen and oxygen atoms in total. The molecular weight excluding hydrogens is 232 g/mol. The Hall–Kier alpha value is -2.18. The molecule has 2 rings (SSSR count). The molecule has 7 heteroatoms. The Morgan fingerprint density at radius 1 is 1.33 bits per heavy atom. The van der Waals surface area contributed by atoms with Crippen molar-refractivity contribution in [1.29, 1.82) is 0 Å². The molecule has 0 aliphatic carbocycles. The maximum absolute atomic E-state index is 5.73. The van der Waals surface area contributed by atoms with Crippen LogP contribution in [0.3, 0.4) is 0 Å². The van der Waals surface area contributed by atoms with Crippen LogP contribution in [0, 0.1) is 6.92 Å². The quantitative estimate of drug-likeness (QED) is 0.844. The van der Waals surface area contributed by atoms with Gasteiger partial charge in [0.2, 0.25) is 5.89 Å². The molecule has 96 valence electrons. The normalized spacial score (nSPS) is 10.9. The van der Waals surface area contributed by atoms with E-state index < -0.39 is 0 Å². The van der Waals surface area contributed by atoms with Crippen molar-refractivity contribution in [3.63, 3.8) is 0 Å². The molecule has 0 aliphatic rings. The Balaban J connectivity index is 2.09. The first-order valence-electron chi connectivity index (χ1n) is 5.72. The smallest absolute Gasteiger partial charge is 0.245 e. The third-order valence-electron chi connectivity index (χ3n) is 2.27. The summed E-state index contributed by atoms with van der Waals surface area (Å²) in [7, 11) is 0. The zero-order valence-electron chi connectivity index (χ0n) is 10.6. The van der Waals surface area contributed by atoms with Crippen molar-refractivity contribution >= 4 is 11.6 Å². The molecule has 3 N–H and O–H groups in total. The highest BCUT2D eigenvalue weighted by atomic mass is 16.5. The van der Waals surface area contributed by atoms with Gasteiger partial charge in [-0.1, -0.05) is 19.0 Å². The summed E-state index contributed by atoms with van der Waals surface area (Å²) < 4.78 is 5.00. The van der Waals surface area contributed by atoms with Crippen molar-refractivity contribution in [3.05, 3.63) is 23.6 Å². The molecular formula is C11H16N6O. The van der Waals surface area contributed by atoms with Crippen molar-refractivity contribution in [1.82, 2.24) is 20.1 Å². The summed E-state index contributed by atoms with van der Waals surface area (Å²) in [5.74, 6) is 3.14. The monoisotopic (exact) mass is 248 g/mol. The van der Waals surface area contributed by atoms with E-state index >= 15 is 0 Å². The number of aryl methyl sites for hydroxylation is 1. The zero-order chi connectivity index (χ0) is 13.1. The second-order valence-electron chi connectivity index (χ2n) is 4.28. The van der Waals surface area contributed by atoms with E-state index in [1.165, 1.54) is 0 Å². The number of rotatable bonds is 4. The van der Waals surface area contributed by atoms with Gasteiger partial charge >= 0.3 is 0 Å². The first-order chi connectivity index (χ1) is 8.54. The lowest BCUT2D eigenvalue weighted by Crippen LogP contribution is -2.07. The molecule has 0 saturated carbocycles. The lowest BCUT2D eigenvalue weighted by molar-refractivity contribution is 0.379. The first kappa shape index (κ1) is 12.3. The third-order valence-corrected chi connectivity index (χ3v) is 2.27. The molecule has 2 aromatic heterocycles. The van der Waals surface area contributed by atoms with Crippen LogP contribution in [0.15, 0.2) is 10.6 Å². The van der Waals surface area contributed by atoms with E-state index in [4.69, 9.17) is 10.3 Å². The summed E-state index contributed by atoms with van der Waals surface area (Å²) in [4.78, 5) is 12.6. The van der Waals surface area contributed by atoms with Crippen molar-refractivity contribution in [2.24, 2.45) is 0 Å². The largest absolute Gasteiger partial charge is 0.384 e. The van der Waals surface area contributed by atoms with E-state index in [1.807, 2.05) is 13.8 Å². The standard InChI is InChI=1S/C11H16N6O/c1-6(2)11-15-8(12)4-9(16-11)13-5-10-14-7(3)17-18-10/h4,6H,5H2,1-3H3,(H3,12,13,15,16). The number of nitrogens with one attached hydrogen (secondary N) is 1. The zero-order valence-corrected chi connectivity index (χ0v) is 10.6. The van der Waals surface area contributed by atoms with Gasteiger partial charge in [0, 0.05) is 12.0 Å². The summed E-state index contributed by atoms with van der Waals surface area (Å²) >= 11 is 0. The molecule has 0 saturated heterocycles. The van der Waals surface area contributed by atoms with Gasteiger partial charge in [0.25, 0.3) is 0 Å². The number of aromatic nitrogens is 4. The summed E-state index contributed by atoms with van der Waals surface area (Å²) in [5.41, 5.74) is 5.73. The molecule has 2 heterocycles. The van der Waals surface area contributed by atoms with Gasteiger partial charge in [0.15, 0.2) is 5.82 Å². The SMILES string of the molecule is Cc1noc(CNc2cc(N)nc(C(C)C)n2)n1. The van der Waals surface area contributed by atoms with Crippen molar-refractivity contribution in [2.45, 2.75) is 33.2 Å². The predicted octanol–water partition coefficient (Wildman–Crippen LogP) is 1.49. The van der Waals surface area contributed by atoms with Gasteiger partial charge in [-0.05, 0) is 6.92 Å². The minimum atomic E-state index is 0.222. The number of nitrogens with two attached hydrogens (primary N) is 1. The lowest BCUT2D eigenvalue weighted by atomic mass is 10.2. The molecule has 18 heavy (non-hydrogen) atoms. The van der Waals surface area contributed by atoms with Crippen molar-refractivity contribution < 1.29 is 4.52 Å². The van der Waals surface area contributed by atoms with Crippen LogP contribution < -0.4 is 11.1 Å². The number of nitrogens with zero attached hydrogens (tertiary/aromatic N) is 4. The molecule has 0 atom stereocenters. The molecule has 0 amide bonds. The van der Waals surface area contributed by atoms with Crippen LogP contribution in [-0.4, -0.2) is 20.1 Å². The molecule has 0 spiro atoms. The average molecular weight is 248 g/mol. The molecule has 0 radical (unpaired) electrons. The summed E-state index contributed by atoms with van der Waals surface area (Å²) in [6.45, 7) is 6.21. The Kier molecular flexibility index (Phi) is 3.40. The van der Waals surface area contributed by atoms with Gasteiger partial charge in [-0.15, -0.1) is 0 Å². The Morgan fingerprint density at radius 2 is 2.11 bits per heavy atom. The average Bonchev–Trinajstić information content (AvgIpc) is 2.72. The fourth-order valence-corrected chi connectivity index (χ4v) is 1.41. The lowest BCUT2D eigenvalue weighted by Gasteiger charge is -2.08. The van der Waals surface area contributed by atoms with Gasteiger partial charge in [-0.3, -0.25) is 0 Å². The Bertz CT molecular complexity index is 536. The first-order valence-corrected chi connectivity index (χ1v) is 5.72. The summed E-state index contributed by atoms with van der Waals surface area (Å²) in [6, 6.07) is 1.68. The van der Waals surface area contributed by atoms with E-state index in [1.54, 1.807) is 13.0 Å². The van der Waals surface area contributed by atoms with Gasteiger partial charge in [0.05, 0.1) is 6.54 Å². The predicted molar refractivity (Wildman–Crippen MR) is 66.9 cm³/mol. The number of nitrogen functional groups attached to an aromatic ring is 1. The van der Waals surface area contributed by atoms with Gasteiger partial charge < -0.3 is 15.6 Å². The highest BCUT2D eigenvalue weighted by Crippen LogP contribution is 2.15. The van der Waals surface area contributed by atoms with Gasteiger partial charge in [-0.2, -0.15) is 4.98 Å². The highest BCUT2D eigenvalue weighted by Gasteiger charge is 2.08. The van der Waals surface area contributed by atoms with E-state index in [0.29, 0.717) is 35.7 Å². The van der Waals surface area contributed by atoms with Gasteiger partial charge in [0.1, 0.15) is 17.5 Å². The maximum atomic E-state index is 5.73. The van der Waals surface area contributed by atoms with E-state index in [-0.39, 0.29) is 5.92 Å². The van der Waals surface area contributed by atoms with Crippen LogP contribution in [0.5, 0.6) is 0 Å². The fraction of sp³-hybridized carbons (Fsp3) is 0.455. The number of anilines is 2. The molecule has 0 aliphatic heterocycles. The molecule has 0 aromatic carbocycles. The molecule has 0 bridgehead atoms.